The zero-order valence-electron chi connectivity index (χ0n) is 12.2. The Bertz CT molecular complexity index is 372. The second-order valence-electron chi connectivity index (χ2n) is 4.46. The van der Waals surface area contributed by atoms with Crippen LogP contribution in [-0.4, -0.2) is 45.5 Å². The average Bonchev–Trinajstić information content (AvgIpc) is 2.42. The van der Waals surface area contributed by atoms with E-state index in [2.05, 4.69) is 16.8 Å². The summed E-state index contributed by atoms with van der Waals surface area (Å²) in [5, 5.41) is 0. The van der Waals surface area contributed by atoms with Gasteiger partial charge in [0.15, 0.2) is 0 Å². The number of aromatic nitrogens is 1. The van der Waals surface area contributed by atoms with Crippen molar-refractivity contribution >= 4 is 5.82 Å². The SMILES string of the molecule is COCCCN(CCOC)c1nccc(C)c1CN. The monoisotopic (exact) mass is 267 g/mol. The normalized spacial score (nSPS) is 10.7. The van der Waals surface area contributed by atoms with Gasteiger partial charge in [-0.2, -0.15) is 0 Å². The lowest BCUT2D eigenvalue weighted by molar-refractivity contribution is 0.191. The molecule has 0 unspecified atom stereocenters. The lowest BCUT2D eigenvalue weighted by Gasteiger charge is -2.26. The highest BCUT2D eigenvalue weighted by molar-refractivity contribution is 5.50. The first-order chi connectivity index (χ1) is 9.24. The molecule has 0 fully saturated rings. The molecule has 0 spiro atoms. The number of hydrogen-bond acceptors (Lipinski definition) is 5. The summed E-state index contributed by atoms with van der Waals surface area (Å²) < 4.78 is 10.3. The van der Waals surface area contributed by atoms with E-state index in [1.54, 1.807) is 14.2 Å². The predicted octanol–water partition coefficient (Wildman–Crippen LogP) is 1.34. The van der Waals surface area contributed by atoms with Crippen molar-refractivity contribution in [1.29, 1.82) is 0 Å². The summed E-state index contributed by atoms with van der Waals surface area (Å²) >= 11 is 0. The molecule has 1 rings (SSSR count). The van der Waals surface area contributed by atoms with Crippen LogP contribution in [0.1, 0.15) is 17.5 Å². The third-order valence-electron chi connectivity index (χ3n) is 3.11. The largest absolute Gasteiger partial charge is 0.385 e. The Morgan fingerprint density at radius 1 is 1.21 bits per heavy atom. The molecule has 0 saturated carbocycles. The van der Waals surface area contributed by atoms with Crippen LogP contribution in [0.4, 0.5) is 5.82 Å². The van der Waals surface area contributed by atoms with Gasteiger partial charge in [0.25, 0.3) is 0 Å². The van der Waals surface area contributed by atoms with Crippen LogP contribution < -0.4 is 10.6 Å². The van der Waals surface area contributed by atoms with Gasteiger partial charge >= 0.3 is 0 Å². The van der Waals surface area contributed by atoms with E-state index in [-0.39, 0.29) is 0 Å². The Morgan fingerprint density at radius 2 is 1.95 bits per heavy atom. The summed E-state index contributed by atoms with van der Waals surface area (Å²) in [7, 11) is 3.43. The third-order valence-corrected chi connectivity index (χ3v) is 3.11. The molecule has 0 aromatic carbocycles. The molecule has 0 aliphatic rings. The zero-order chi connectivity index (χ0) is 14.1. The Kier molecular flexibility index (Phi) is 7.40. The van der Waals surface area contributed by atoms with Gasteiger partial charge in [-0.15, -0.1) is 0 Å². The fraction of sp³-hybridized carbons (Fsp3) is 0.643. The lowest BCUT2D eigenvalue weighted by atomic mass is 10.1. The minimum Gasteiger partial charge on any atom is -0.385 e. The van der Waals surface area contributed by atoms with Gasteiger partial charge in [-0.1, -0.05) is 0 Å². The summed E-state index contributed by atoms with van der Waals surface area (Å²) in [6.07, 6.45) is 2.79. The van der Waals surface area contributed by atoms with E-state index in [1.807, 2.05) is 12.3 Å². The standard InChI is InChI=1S/C14H25N3O2/c1-12-5-6-16-14(13(12)11-15)17(8-10-19-3)7-4-9-18-2/h5-6H,4,7-11,15H2,1-3H3. The van der Waals surface area contributed by atoms with E-state index >= 15 is 0 Å². The number of aryl methyl sites for hydroxylation is 1. The molecule has 0 aliphatic carbocycles. The topological polar surface area (TPSA) is 60.6 Å². The first kappa shape index (κ1) is 15.9. The van der Waals surface area contributed by atoms with E-state index in [0.717, 1.165) is 37.5 Å². The minimum atomic E-state index is 0.503. The van der Waals surface area contributed by atoms with Crippen molar-refractivity contribution in [3.8, 4) is 0 Å². The van der Waals surface area contributed by atoms with Crippen LogP contribution in [0.15, 0.2) is 12.3 Å². The van der Waals surface area contributed by atoms with Gasteiger partial charge in [-0.25, -0.2) is 4.98 Å². The minimum absolute atomic E-state index is 0.503. The molecule has 2 N–H and O–H groups in total. The molecule has 5 heteroatoms. The van der Waals surface area contributed by atoms with Crippen molar-refractivity contribution in [1.82, 2.24) is 4.98 Å². The second-order valence-corrected chi connectivity index (χ2v) is 4.46. The molecule has 1 heterocycles. The van der Waals surface area contributed by atoms with Crippen LogP contribution in [0.5, 0.6) is 0 Å². The molecular formula is C14H25N3O2. The Hall–Kier alpha value is -1.17. The molecule has 0 amide bonds. The van der Waals surface area contributed by atoms with Crippen molar-refractivity contribution in [3.63, 3.8) is 0 Å². The summed E-state index contributed by atoms with van der Waals surface area (Å²) in [5.74, 6) is 0.968. The molecule has 0 saturated heterocycles. The molecule has 0 radical (unpaired) electrons. The Labute approximate surface area is 115 Å². The van der Waals surface area contributed by atoms with Crippen LogP contribution in [0.3, 0.4) is 0 Å². The Balaban J connectivity index is 2.85. The summed E-state index contributed by atoms with van der Waals surface area (Å²) in [5.41, 5.74) is 8.14. The fourth-order valence-corrected chi connectivity index (χ4v) is 2.02. The van der Waals surface area contributed by atoms with E-state index in [0.29, 0.717) is 13.2 Å². The van der Waals surface area contributed by atoms with Crippen LogP contribution in [-0.2, 0) is 16.0 Å². The molecular weight excluding hydrogens is 242 g/mol. The molecule has 0 aliphatic heterocycles. The second kappa shape index (κ2) is 8.85. The highest BCUT2D eigenvalue weighted by Crippen LogP contribution is 2.20. The number of methoxy groups -OCH3 is 2. The van der Waals surface area contributed by atoms with Gasteiger partial charge < -0.3 is 20.1 Å². The van der Waals surface area contributed by atoms with Crippen molar-refractivity contribution < 1.29 is 9.47 Å². The quantitative estimate of drug-likeness (QED) is 0.684. The van der Waals surface area contributed by atoms with E-state index in [1.165, 1.54) is 5.56 Å². The number of nitrogens with zero attached hydrogens (tertiary/aromatic N) is 2. The van der Waals surface area contributed by atoms with Crippen molar-refractivity contribution in [3.05, 3.63) is 23.4 Å². The highest BCUT2D eigenvalue weighted by Gasteiger charge is 2.13. The van der Waals surface area contributed by atoms with Gasteiger partial charge in [-0.05, 0) is 25.0 Å². The molecule has 0 bridgehead atoms. The van der Waals surface area contributed by atoms with Crippen molar-refractivity contribution in [2.75, 3.05) is 45.4 Å². The third kappa shape index (κ3) is 4.78. The molecule has 108 valence electrons. The molecule has 1 aromatic rings. The summed E-state index contributed by atoms with van der Waals surface area (Å²) in [4.78, 5) is 6.71. The Morgan fingerprint density at radius 3 is 2.58 bits per heavy atom. The maximum absolute atomic E-state index is 5.85. The van der Waals surface area contributed by atoms with Crippen LogP contribution in [0.25, 0.3) is 0 Å². The maximum Gasteiger partial charge on any atom is 0.133 e. The van der Waals surface area contributed by atoms with E-state index in [9.17, 15) is 0 Å². The van der Waals surface area contributed by atoms with Crippen molar-refractivity contribution in [2.24, 2.45) is 5.73 Å². The van der Waals surface area contributed by atoms with E-state index < -0.39 is 0 Å². The lowest BCUT2D eigenvalue weighted by Crippen LogP contribution is -2.31. The molecule has 19 heavy (non-hydrogen) atoms. The smallest absolute Gasteiger partial charge is 0.133 e. The number of anilines is 1. The molecule has 1 aromatic heterocycles. The number of nitrogens with two attached hydrogens (primary N) is 1. The van der Waals surface area contributed by atoms with Crippen LogP contribution in [0, 0.1) is 6.92 Å². The summed E-state index contributed by atoms with van der Waals surface area (Å²) in [6.45, 7) is 5.68. The van der Waals surface area contributed by atoms with Crippen LogP contribution >= 0.6 is 0 Å². The van der Waals surface area contributed by atoms with Crippen LogP contribution in [0.2, 0.25) is 0 Å². The fourth-order valence-electron chi connectivity index (χ4n) is 2.02. The zero-order valence-corrected chi connectivity index (χ0v) is 12.2. The first-order valence-electron chi connectivity index (χ1n) is 6.62. The number of rotatable bonds is 9. The number of hydrogen-bond donors (Lipinski definition) is 1. The number of pyridine rings is 1. The van der Waals surface area contributed by atoms with E-state index in [4.69, 9.17) is 15.2 Å². The maximum atomic E-state index is 5.85. The molecule has 0 atom stereocenters. The highest BCUT2D eigenvalue weighted by atomic mass is 16.5. The van der Waals surface area contributed by atoms with Gasteiger partial charge in [0, 0.05) is 52.2 Å². The van der Waals surface area contributed by atoms with Gasteiger partial charge in [0.05, 0.1) is 6.61 Å². The number of ether oxygens (including phenoxy) is 2. The van der Waals surface area contributed by atoms with Gasteiger partial charge in [0.2, 0.25) is 0 Å². The predicted molar refractivity (Wildman–Crippen MR) is 77.4 cm³/mol. The van der Waals surface area contributed by atoms with Gasteiger partial charge in [0.1, 0.15) is 5.82 Å². The average molecular weight is 267 g/mol. The molecule has 5 nitrogen and oxygen atoms in total. The first-order valence-corrected chi connectivity index (χ1v) is 6.62. The van der Waals surface area contributed by atoms with Gasteiger partial charge in [-0.3, -0.25) is 0 Å². The summed E-state index contributed by atoms with van der Waals surface area (Å²) in [6, 6.07) is 2.00. The van der Waals surface area contributed by atoms with Crippen molar-refractivity contribution in [2.45, 2.75) is 19.9 Å².